The summed E-state index contributed by atoms with van der Waals surface area (Å²) >= 11 is 0. The Morgan fingerprint density at radius 3 is 2.52 bits per heavy atom. The third-order valence-corrected chi connectivity index (χ3v) is 10.7. The number of halogens is 2. The molecular weight excluding hydrogens is 433 g/mol. The maximum atomic E-state index is 14.7. The molecule has 2 rings (SSSR count). The number of hydrogen-bond acceptors (Lipinski definition) is 6. The molecule has 0 amide bonds. The molecule has 1 heterocycles. The minimum Gasteiger partial charge on any atom is -0.321 e. The molecule has 5 atom stereocenters. The van der Waals surface area contributed by atoms with E-state index in [9.17, 15) is 8.78 Å². The Morgan fingerprint density at radius 1 is 1.31 bits per heavy atom. The van der Waals surface area contributed by atoms with Crippen molar-refractivity contribution in [3.05, 3.63) is 24.1 Å². The molecule has 0 spiro atoms. The smallest absolute Gasteiger partial charge is 0.259 e. The number of nitriles is 1. The molecule has 3 unspecified atom stereocenters. The van der Waals surface area contributed by atoms with E-state index in [1.807, 2.05) is 0 Å². The van der Waals surface area contributed by atoms with Gasteiger partial charge in [0, 0.05) is 22.7 Å². The van der Waals surface area contributed by atoms with Gasteiger partial charge in [-0.05, 0) is 53.7 Å². The minimum atomic E-state index is -1.44. The van der Waals surface area contributed by atoms with Gasteiger partial charge in [-0.25, -0.2) is 13.5 Å². The highest BCUT2D eigenvalue weighted by Crippen LogP contribution is 2.60. The molecule has 2 aliphatic rings. The van der Waals surface area contributed by atoms with E-state index in [0.29, 0.717) is 6.61 Å². The molecule has 0 N–H and O–H groups in total. The maximum Gasteiger partial charge on any atom is 0.259 e. The molecule has 1 aliphatic carbocycles. The molecule has 0 radical (unpaired) electrons. The summed E-state index contributed by atoms with van der Waals surface area (Å²) < 4.78 is 42.7. The summed E-state index contributed by atoms with van der Waals surface area (Å²) in [6.45, 7) is 12.8. The largest absolute Gasteiger partial charge is 0.321 e. The summed E-state index contributed by atoms with van der Waals surface area (Å²) in [5.74, 6) is -0.990. The molecule has 1 saturated heterocycles. The van der Waals surface area contributed by atoms with Crippen molar-refractivity contribution in [2.24, 2.45) is 5.92 Å². The molecule has 1 aliphatic heterocycles. The number of hydrogen-bond donors (Lipinski definition) is 0. The summed E-state index contributed by atoms with van der Waals surface area (Å²) in [5, 5.41) is 8.73. The van der Waals surface area contributed by atoms with Crippen LogP contribution in [0.4, 0.5) is 8.78 Å². The Balaban J connectivity index is 2.27. The van der Waals surface area contributed by atoms with Gasteiger partial charge in [0.05, 0.1) is 30.5 Å². The first kappa shape index (κ1) is 25.1. The van der Waals surface area contributed by atoms with E-state index < -0.39 is 26.4 Å². The van der Waals surface area contributed by atoms with Gasteiger partial charge in [-0.2, -0.15) is 5.26 Å². The van der Waals surface area contributed by atoms with Crippen LogP contribution < -0.4 is 0 Å². The lowest BCUT2D eigenvalue weighted by Gasteiger charge is -2.40. The number of allylic oxidation sites excluding steroid dienone is 4. The summed E-state index contributed by atoms with van der Waals surface area (Å²) in [6.07, 6.45) is 2.63. The monoisotopic (exact) mass is 464 g/mol. The normalized spacial score (nSPS) is 30.1. The van der Waals surface area contributed by atoms with Crippen molar-refractivity contribution in [2.45, 2.75) is 82.3 Å². The van der Waals surface area contributed by atoms with Crippen LogP contribution in [0.15, 0.2) is 24.1 Å². The molecule has 164 valence electrons. The molecule has 0 saturated carbocycles. The van der Waals surface area contributed by atoms with E-state index in [1.165, 1.54) is 6.08 Å². The Kier molecular flexibility index (Phi) is 9.46. The van der Waals surface area contributed by atoms with Crippen LogP contribution in [0.25, 0.3) is 0 Å². The fourth-order valence-corrected chi connectivity index (χ4v) is 9.13. The van der Waals surface area contributed by atoms with Gasteiger partial charge < -0.3 is 9.05 Å². The van der Waals surface area contributed by atoms with Crippen LogP contribution in [-0.4, -0.2) is 45.6 Å². The average molecular weight is 465 g/mol. The Bertz CT molecular complexity index is 647. The van der Waals surface area contributed by atoms with Crippen molar-refractivity contribution in [3.8, 4) is 6.07 Å². The Hall–Kier alpha value is -0.160. The van der Waals surface area contributed by atoms with Crippen molar-refractivity contribution in [2.75, 3.05) is 6.61 Å². The quantitative estimate of drug-likeness (QED) is 0.219. The van der Waals surface area contributed by atoms with Crippen LogP contribution in [-0.2, 0) is 9.05 Å². The maximum absolute atomic E-state index is 14.7. The third kappa shape index (κ3) is 6.41. The summed E-state index contributed by atoms with van der Waals surface area (Å²) in [4.78, 5) is 0. The van der Waals surface area contributed by atoms with Gasteiger partial charge in [-0.3, -0.25) is 0 Å². The Labute approximate surface area is 182 Å². The zero-order valence-electron chi connectivity index (χ0n) is 17.8. The van der Waals surface area contributed by atoms with Gasteiger partial charge in [0.2, 0.25) is 0 Å². The fraction of sp³-hybridized carbons (Fsp3) is 0.750. The van der Waals surface area contributed by atoms with Crippen molar-refractivity contribution in [1.29, 1.82) is 5.26 Å². The van der Waals surface area contributed by atoms with Crippen molar-refractivity contribution in [3.63, 3.8) is 0 Å². The second-order valence-corrected chi connectivity index (χ2v) is 12.7. The lowest BCUT2D eigenvalue weighted by Crippen LogP contribution is -2.44. The topological polar surface area (TPSA) is 45.5 Å². The van der Waals surface area contributed by atoms with E-state index in [2.05, 4.69) is 52.3 Å². The SMILES string of the molecule is CC(C)N(C(C)C)P(OCCC#N)O[C@H]1[C@@H](C2C=CC(F)=CC2F)SSC1(C)C. The predicted molar refractivity (Wildman–Crippen MR) is 120 cm³/mol. The first-order valence-corrected chi connectivity index (χ1v) is 13.2. The first-order valence-electron chi connectivity index (χ1n) is 9.87. The molecule has 0 bridgehead atoms. The highest BCUT2D eigenvalue weighted by Gasteiger charge is 2.51. The zero-order chi connectivity index (χ0) is 21.8. The average Bonchev–Trinajstić information content (AvgIpc) is 2.89. The van der Waals surface area contributed by atoms with Crippen molar-refractivity contribution >= 4 is 30.1 Å². The summed E-state index contributed by atoms with van der Waals surface area (Å²) in [5.41, 5.74) is 0. The zero-order valence-corrected chi connectivity index (χ0v) is 20.4. The van der Waals surface area contributed by atoms with Gasteiger partial charge in [-0.1, -0.05) is 27.7 Å². The molecule has 29 heavy (non-hydrogen) atoms. The number of rotatable bonds is 9. The fourth-order valence-electron chi connectivity index (χ4n) is 3.44. The number of nitrogens with zero attached hydrogens (tertiary/aromatic N) is 2. The van der Waals surface area contributed by atoms with Crippen LogP contribution in [0.2, 0.25) is 0 Å². The van der Waals surface area contributed by atoms with E-state index in [1.54, 1.807) is 27.7 Å². The van der Waals surface area contributed by atoms with Crippen LogP contribution >= 0.6 is 30.1 Å². The highest BCUT2D eigenvalue weighted by atomic mass is 33.1. The second kappa shape index (κ2) is 10.9. The van der Waals surface area contributed by atoms with E-state index in [4.69, 9.17) is 14.3 Å². The van der Waals surface area contributed by atoms with Crippen molar-refractivity contribution < 1.29 is 17.8 Å². The predicted octanol–water partition coefficient (Wildman–Crippen LogP) is 6.57. The van der Waals surface area contributed by atoms with Gasteiger partial charge in [-0.15, -0.1) is 0 Å². The van der Waals surface area contributed by atoms with Crippen LogP contribution in [0, 0.1) is 17.2 Å². The molecule has 0 aromatic carbocycles. The minimum absolute atomic E-state index is 0.170. The van der Waals surface area contributed by atoms with Crippen LogP contribution in [0.5, 0.6) is 0 Å². The summed E-state index contributed by atoms with van der Waals surface area (Å²) in [7, 11) is 1.84. The van der Waals surface area contributed by atoms with Gasteiger partial charge >= 0.3 is 0 Å². The molecule has 0 aromatic heterocycles. The van der Waals surface area contributed by atoms with Crippen LogP contribution in [0.1, 0.15) is 48.0 Å². The molecular formula is C20H31F2N2O2PS2. The van der Waals surface area contributed by atoms with E-state index in [0.717, 1.165) is 6.08 Å². The van der Waals surface area contributed by atoms with E-state index >= 15 is 0 Å². The molecule has 9 heteroatoms. The van der Waals surface area contributed by atoms with Crippen molar-refractivity contribution in [1.82, 2.24) is 4.67 Å². The second-order valence-electron chi connectivity index (χ2n) is 8.25. The van der Waals surface area contributed by atoms with Gasteiger partial charge in [0.15, 0.2) is 0 Å². The standard InChI is InChI=1S/C20H31F2N2O2PS2/c1-13(2)24(14(3)4)27(25-11-7-10-23)26-19-18(28-29-20(19,5)6)16-9-8-15(21)12-17(16)22/h8-9,12-14,16-19H,7,11H2,1-6H3/t16?,17?,18-,19+,27?/m1/s1. The molecule has 0 aromatic rings. The lowest BCUT2D eigenvalue weighted by molar-refractivity contribution is 0.100. The highest BCUT2D eigenvalue weighted by molar-refractivity contribution is 8.77. The van der Waals surface area contributed by atoms with Gasteiger partial charge in [0.1, 0.15) is 12.0 Å². The number of alkyl halides is 1. The molecule has 4 nitrogen and oxygen atoms in total. The Morgan fingerprint density at radius 2 is 1.97 bits per heavy atom. The molecule has 1 fully saturated rings. The summed E-state index contributed by atoms with van der Waals surface area (Å²) in [6, 6.07) is 2.48. The first-order chi connectivity index (χ1) is 13.6. The third-order valence-electron chi connectivity index (χ3n) is 4.77. The lowest BCUT2D eigenvalue weighted by atomic mass is 9.88. The van der Waals surface area contributed by atoms with E-state index in [-0.39, 0.29) is 34.6 Å². The van der Waals surface area contributed by atoms with Crippen LogP contribution in [0.3, 0.4) is 0 Å². The van der Waals surface area contributed by atoms with Gasteiger partial charge in [0.25, 0.3) is 8.53 Å².